The van der Waals surface area contributed by atoms with Crippen LogP contribution in [-0.2, 0) is 20.7 Å². The molecule has 1 fully saturated rings. The summed E-state index contributed by atoms with van der Waals surface area (Å²) in [5.41, 5.74) is 1.25. The van der Waals surface area contributed by atoms with Gasteiger partial charge in [0, 0.05) is 13.0 Å². The molecule has 1 aliphatic rings. The number of unbranched alkanes of at least 4 members (excludes halogenated alkanes) is 2. The summed E-state index contributed by atoms with van der Waals surface area (Å²) in [5, 5.41) is 12.1. The molecular weight excluding hydrogens is 480 g/mol. The van der Waals surface area contributed by atoms with Crippen LogP contribution in [-0.4, -0.2) is 50.9 Å². The molecule has 1 N–H and O–H groups in total. The third-order valence-electron chi connectivity index (χ3n) is 4.80. The second-order valence-electron chi connectivity index (χ2n) is 7.16. The van der Waals surface area contributed by atoms with Crippen LogP contribution in [0.1, 0.15) is 53.5 Å². The molecule has 2 amide bonds. The average Bonchev–Trinajstić information content (AvgIpc) is 3.37. The van der Waals surface area contributed by atoms with E-state index in [9.17, 15) is 14.4 Å². The van der Waals surface area contributed by atoms with Crippen molar-refractivity contribution in [1.82, 2.24) is 15.1 Å². The molecule has 2 aromatic rings. The highest BCUT2D eigenvalue weighted by molar-refractivity contribution is 8.26. The van der Waals surface area contributed by atoms with Crippen LogP contribution in [0.15, 0.2) is 29.2 Å². The van der Waals surface area contributed by atoms with Gasteiger partial charge in [-0.15, -0.1) is 10.2 Å². The molecule has 8 nitrogen and oxygen atoms in total. The summed E-state index contributed by atoms with van der Waals surface area (Å²) < 4.78 is 5.22. The fraction of sp³-hybridized carbons (Fsp3) is 0.364. The molecule has 2 heterocycles. The summed E-state index contributed by atoms with van der Waals surface area (Å²) in [4.78, 5) is 38.5. The van der Waals surface area contributed by atoms with E-state index in [0.717, 1.165) is 29.8 Å². The van der Waals surface area contributed by atoms with Gasteiger partial charge in [-0.05, 0) is 43.0 Å². The maximum Gasteiger partial charge on any atom is 0.337 e. The van der Waals surface area contributed by atoms with E-state index in [2.05, 4.69) is 15.5 Å². The lowest BCUT2D eigenvalue weighted by Crippen LogP contribution is -2.29. The highest BCUT2D eigenvalue weighted by Gasteiger charge is 2.31. The zero-order chi connectivity index (χ0) is 23.8. The number of nitrogens with zero attached hydrogens (tertiary/aromatic N) is 3. The molecule has 0 saturated carbocycles. The fourth-order valence-electron chi connectivity index (χ4n) is 3.04. The number of esters is 1. The van der Waals surface area contributed by atoms with Crippen molar-refractivity contribution in [2.24, 2.45) is 0 Å². The number of hydrogen-bond donors (Lipinski definition) is 1. The zero-order valence-electron chi connectivity index (χ0n) is 18.3. The van der Waals surface area contributed by atoms with E-state index >= 15 is 0 Å². The second kappa shape index (κ2) is 12.0. The molecule has 0 bridgehead atoms. The molecule has 1 aromatic heterocycles. The van der Waals surface area contributed by atoms with Crippen molar-refractivity contribution in [2.75, 3.05) is 19.0 Å². The van der Waals surface area contributed by atoms with Crippen molar-refractivity contribution in [3.05, 3.63) is 45.3 Å². The Bertz CT molecular complexity index is 1070. The number of hydrogen-bond acceptors (Lipinski definition) is 9. The highest BCUT2D eigenvalue weighted by atomic mass is 32.2. The molecule has 174 valence electrons. The van der Waals surface area contributed by atoms with Gasteiger partial charge in [-0.25, -0.2) is 4.79 Å². The number of thiocarbonyl (C=S) groups is 1. The summed E-state index contributed by atoms with van der Waals surface area (Å²) in [7, 11) is 1.33. The van der Waals surface area contributed by atoms with Gasteiger partial charge in [0.25, 0.3) is 5.91 Å². The smallest absolute Gasteiger partial charge is 0.337 e. The highest BCUT2D eigenvalue weighted by Crippen LogP contribution is 2.32. The van der Waals surface area contributed by atoms with Crippen LogP contribution in [0.2, 0.25) is 0 Å². The number of benzene rings is 1. The summed E-state index contributed by atoms with van der Waals surface area (Å²) in [5.74, 6) is -0.612. The molecule has 0 spiro atoms. The number of thioether (sulfide) groups is 1. The summed E-state index contributed by atoms with van der Waals surface area (Å²) in [6.45, 7) is 2.51. The first-order valence-electron chi connectivity index (χ1n) is 10.5. The Balaban J connectivity index is 1.43. The monoisotopic (exact) mass is 504 g/mol. The van der Waals surface area contributed by atoms with Crippen molar-refractivity contribution in [3.8, 4) is 0 Å². The van der Waals surface area contributed by atoms with Crippen LogP contribution in [0.4, 0.5) is 5.13 Å². The predicted octanol–water partition coefficient (Wildman–Crippen LogP) is 4.29. The number of aryl methyl sites for hydroxylation is 1. The molecule has 1 saturated heterocycles. The maximum absolute atomic E-state index is 12.7. The molecule has 33 heavy (non-hydrogen) atoms. The predicted molar refractivity (Wildman–Crippen MR) is 134 cm³/mol. The molecular formula is C22H24N4O4S3. The van der Waals surface area contributed by atoms with Crippen molar-refractivity contribution in [3.63, 3.8) is 0 Å². The first-order chi connectivity index (χ1) is 15.9. The fourth-order valence-corrected chi connectivity index (χ4v) is 5.04. The van der Waals surface area contributed by atoms with Crippen LogP contribution < -0.4 is 5.32 Å². The third kappa shape index (κ3) is 6.92. The number of amides is 2. The van der Waals surface area contributed by atoms with E-state index in [0.29, 0.717) is 39.3 Å². The summed E-state index contributed by atoms with van der Waals surface area (Å²) in [6.07, 6.45) is 5.21. The number of carbonyl (C=O) groups excluding carboxylic acids is 3. The molecule has 3 rings (SSSR count). The first kappa shape index (κ1) is 25.0. The minimum Gasteiger partial charge on any atom is -0.465 e. The lowest BCUT2D eigenvalue weighted by molar-refractivity contribution is -0.122. The largest absolute Gasteiger partial charge is 0.465 e. The number of carbonyl (C=O) groups is 3. The van der Waals surface area contributed by atoms with Crippen molar-refractivity contribution < 1.29 is 19.1 Å². The Morgan fingerprint density at radius 3 is 2.61 bits per heavy atom. The normalized spacial score (nSPS) is 14.7. The number of methoxy groups -OCH3 is 1. The van der Waals surface area contributed by atoms with Crippen LogP contribution in [0.5, 0.6) is 0 Å². The Labute approximate surface area is 205 Å². The molecule has 1 aliphatic heterocycles. The van der Waals surface area contributed by atoms with E-state index in [1.54, 1.807) is 35.2 Å². The van der Waals surface area contributed by atoms with E-state index in [4.69, 9.17) is 17.0 Å². The van der Waals surface area contributed by atoms with E-state index < -0.39 is 5.97 Å². The quantitative estimate of drug-likeness (QED) is 0.221. The molecule has 11 heteroatoms. The van der Waals surface area contributed by atoms with Gasteiger partial charge in [-0.1, -0.05) is 60.8 Å². The lowest BCUT2D eigenvalue weighted by atomic mass is 10.1. The number of anilines is 1. The number of aromatic nitrogens is 2. The van der Waals surface area contributed by atoms with E-state index in [1.807, 2.05) is 6.92 Å². The maximum atomic E-state index is 12.7. The summed E-state index contributed by atoms with van der Waals surface area (Å²) >= 11 is 8.03. The van der Waals surface area contributed by atoms with Gasteiger partial charge >= 0.3 is 5.97 Å². The molecule has 0 aliphatic carbocycles. The molecule has 0 radical (unpaired) electrons. The standard InChI is InChI=1S/C22H24N4O4S3/c1-3-18-24-25-21(33-18)23-17(27)7-5-4-6-12-26-19(28)16(32-22(26)31)13-14-8-10-15(11-9-14)20(29)30-2/h8-11,13H,3-7,12H2,1-2H3,(H,23,25,27). The van der Waals surface area contributed by atoms with Gasteiger partial charge in [0.05, 0.1) is 17.6 Å². The van der Waals surface area contributed by atoms with Crippen molar-refractivity contribution in [1.29, 1.82) is 0 Å². The first-order valence-corrected chi connectivity index (χ1v) is 12.5. The van der Waals surface area contributed by atoms with Gasteiger partial charge in [-0.3, -0.25) is 14.5 Å². The van der Waals surface area contributed by atoms with Crippen LogP contribution in [0.25, 0.3) is 6.08 Å². The van der Waals surface area contributed by atoms with Crippen LogP contribution in [0, 0.1) is 0 Å². The minimum absolute atomic E-state index is 0.0828. The van der Waals surface area contributed by atoms with E-state index in [-0.39, 0.29) is 11.8 Å². The average molecular weight is 505 g/mol. The SMILES string of the molecule is CCc1nnc(NC(=O)CCCCCN2C(=O)C(=Cc3ccc(C(=O)OC)cc3)SC2=S)s1. The molecule has 0 atom stereocenters. The Kier molecular flexibility index (Phi) is 9.10. The van der Waals surface area contributed by atoms with Gasteiger partial charge in [0.1, 0.15) is 9.33 Å². The zero-order valence-corrected chi connectivity index (χ0v) is 20.8. The number of rotatable bonds is 10. The Morgan fingerprint density at radius 2 is 1.94 bits per heavy atom. The topological polar surface area (TPSA) is 101 Å². The number of ether oxygens (including phenoxy) is 1. The third-order valence-corrected chi connectivity index (χ3v) is 7.17. The lowest BCUT2D eigenvalue weighted by Gasteiger charge is -2.14. The second-order valence-corrected chi connectivity index (χ2v) is 9.90. The van der Waals surface area contributed by atoms with Gasteiger partial charge < -0.3 is 10.1 Å². The van der Waals surface area contributed by atoms with Crippen LogP contribution >= 0.6 is 35.3 Å². The Morgan fingerprint density at radius 1 is 1.18 bits per heavy atom. The molecule has 0 unspecified atom stereocenters. The van der Waals surface area contributed by atoms with E-state index in [1.165, 1.54) is 30.2 Å². The van der Waals surface area contributed by atoms with Crippen molar-refractivity contribution >= 4 is 68.6 Å². The van der Waals surface area contributed by atoms with Gasteiger partial charge in [0.2, 0.25) is 11.0 Å². The van der Waals surface area contributed by atoms with Gasteiger partial charge in [0.15, 0.2) is 0 Å². The minimum atomic E-state index is -0.406. The molecule has 1 aromatic carbocycles. The van der Waals surface area contributed by atoms with Crippen LogP contribution in [0.3, 0.4) is 0 Å². The Hall–Kier alpha value is -2.63. The summed E-state index contributed by atoms with van der Waals surface area (Å²) in [6, 6.07) is 6.83. The van der Waals surface area contributed by atoms with Gasteiger partial charge in [-0.2, -0.15) is 0 Å². The number of nitrogens with one attached hydrogen (secondary N) is 1. The van der Waals surface area contributed by atoms with Crippen molar-refractivity contribution in [2.45, 2.75) is 39.0 Å².